The van der Waals surface area contributed by atoms with Gasteiger partial charge in [-0.1, -0.05) is 23.7 Å². The van der Waals surface area contributed by atoms with Crippen LogP contribution in [0.5, 0.6) is 5.75 Å². The second-order valence-corrected chi connectivity index (χ2v) is 6.23. The van der Waals surface area contributed by atoms with Crippen molar-refractivity contribution in [3.8, 4) is 5.75 Å². The minimum Gasteiger partial charge on any atom is -0.490 e. The predicted molar refractivity (Wildman–Crippen MR) is 95.4 cm³/mol. The zero-order chi connectivity index (χ0) is 16.9. The van der Waals surface area contributed by atoms with E-state index in [9.17, 15) is 5.11 Å². The highest BCUT2D eigenvalue weighted by molar-refractivity contribution is 6.29. The lowest BCUT2D eigenvalue weighted by Crippen LogP contribution is -2.32. The predicted octanol–water partition coefficient (Wildman–Crippen LogP) is 3.09. The van der Waals surface area contributed by atoms with Gasteiger partial charge in [0.15, 0.2) is 0 Å². The van der Waals surface area contributed by atoms with Crippen LogP contribution >= 0.6 is 11.6 Å². The summed E-state index contributed by atoms with van der Waals surface area (Å²) in [6, 6.07) is 11.5. The number of H-pyrrole nitrogens is 1. The number of nitrogens with zero attached hydrogens (tertiary/aromatic N) is 2. The van der Waals surface area contributed by atoms with Crippen molar-refractivity contribution in [2.45, 2.75) is 12.6 Å². The number of hydrogen-bond acceptors (Lipinski definition) is 4. The zero-order valence-corrected chi connectivity index (χ0v) is 14.2. The fourth-order valence-electron chi connectivity index (χ4n) is 2.66. The summed E-state index contributed by atoms with van der Waals surface area (Å²) in [5.74, 6) is 0.775. The molecule has 2 aromatic heterocycles. The molecule has 3 aromatic rings. The topological polar surface area (TPSA) is 61.4 Å². The molecule has 5 nitrogen and oxygen atoms in total. The molecule has 1 unspecified atom stereocenters. The Hall–Kier alpha value is -2.08. The van der Waals surface area contributed by atoms with Gasteiger partial charge < -0.3 is 14.8 Å². The molecule has 6 heteroatoms. The molecule has 2 heterocycles. The summed E-state index contributed by atoms with van der Waals surface area (Å²) in [7, 11) is 1.95. The van der Waals surface area contributed by atoms with Gasteiger partial charge in [0.05, 0.1) is 0 Å². The average Bonchev–Trinajstić information content (AvgIpc) is 3.04. The lowest BCUT2D eigenvalue weighted by Gasteiger charge is -2.21. The number of aliphatic hydroxyl groups is 1. The first-order chi connectivity index (χ1) is 11.6. The number of aromatic amines is 1. The van der Waals surface area contributed by atoms with Gasteiger partial charge in [-0.25, -0.2) is 4.98 Å². The van der Waals surface area contributed by atoms with Gasteiger partial charge in [0.25, 0.3) is 0 Å². The van der Waals surface area contributed by atoms with E-state index in [2.05, 4.69) is 9.97 Å². The standard InChI is InChI=1S/C18H20ClN3O2/c1-22(10-13-5-6-18(19)21-9-13)11-14(23)12-24-17-4-2-3-16-15(17)7-8-20-16/h2-9,14,20,23H,10-12H2,1H3. The maximum absolute atomic E-state index is 10.2. The lowest BCUT2D eigenvalue weighted by atomic mass is 10.2. The number of pyridine rings is 1. The van der Waals surface area contributed by atoms with Gasteiger partial charge >= 0.3 is 0 Å². The first-order valence-corrected chi connectivity index (χ1v) is 8.15. The van der Waals surface area contributed by atoms with Crippen LogP contribution in [0.15, 0.2) is 48.8 Å². The van der Waals surface area contributed by atoms with Crippen molar-refractivity contribution in [1.29, 1.82) is 0 Å². The minimum atomic E-state index is -0.579. The quantitative estimate of drug-likeness (QED) is 0.646. The monoisotopic (exact) mass is 345 g/mol. The molecule has 24 heavy (non-hydrogen) atoms. The van der Waals surface area contributed by atoms with Crippen LogP contribution in [0.25, 0.3) is 10.9 Å². The molecule has 0 aliphatic rings. The fourth-order valence-corrected chi connectivity index (χ4v) is 2.77. The molecule has 0 radical (unpaired) electrons. The Kier molecular flexibility index (Phi) is 5.35. The van der Waals surface area contributed by atoms with Gasteiger partial charge in [-0.05, 0) is 36.9 Å². The minimum absolute atomic E-state index is 0.244. The van der Waals surface area contributed by atoms with E-state index in [4.69, 9.17) is 16.3 Å². The van der Waals surface area contributed by atoms with E-state index >= 15 is 0 Å². The second-order valence-electron chi connectivity index (χ2n) is 5.85. The van der Waals surface area contributed by atoms with Crippen LogP contribution in [0.1, 0.15) is 5.56 Å². The van der Waals surface area contributed by atoms with Crippen LogP contribution in [-0.4, -0.2) is 46.3 Å². The van der Waals surface area contributed by atoms with Crippen LogP contribution in [0, 0.1) is 0 Å². The van der Waals surface area contributed by atoms with E-state index in [0.29, 0.717) is 18.2 Å². The van der Waals surface area contributed by atoms with Crippen LogP contribution in [0.2, 0.25) is 5.15 Å². The third-order valence-corrected chi connectivity index (χ3v) is 3.97. The highest BCUT2D eigenvalue weighted by Gasteiger charge is 2.11. The first-order valence-electron chi connectivity index (χ1n) is 7.78. The van der Waals surface area contributed by atoms with Crippen molar-refractivity contribution >= 4 is 22.5 Å². The van der Waals surface area contributed by atoms with Crippen LogP contribution < -0.4 is 4.74 Å². The SMILES string of the molecule is CN(Cc1ccc(Cl)nc1)CC(O)COc1cccc2[nH]ccc12. The molecule has 0 spiro atoms. The van der Waals surface area contributed by atoms with Crippen LogP contribution in [0.4, 0.5) is 0 Å². The van der Waals surface area contributed by atoms with Gasteiger partial charge in [0, 0.05) is 36.4 Å². The molecule has 1 atom stereocenters. The Bertz CT molecular complexity index is 788. The summed E-state index contributed by atoms with van der Waals surface area (Å²) in [6.45, 7) is 1.44. The normalized spacial score (nSPS) is 12.7. The van der Waals surface area contributed by atoms with Crippen molar-refractivity contribution in [2.24, 2.45) is 0 Å². The highest BCUT2D eigenvalue weighted by Crippen LogP contribution is 2.24. The van der Waals surface area contributed by atoms with Gasteiger partial charge in [-0.2, -0.15) is 0 Å². The number of rotatable bonds is 7. The molecule has 0 saturated carbocycles. The highest BCUT2D eigenvalue weighted by atomic mass is 35.5. The van der Waals surface area contributed by atoms with Crippen molar-refractivity contribution in [3.63, 3.8) is 0 Å². The van der Waals surface area contributed by atoms with E-state index in [0.717, 1.165) is 22.2 Å². The first kappa shape index (κ1) is 16.8. The molecule has 0 aliphatic heterocycles. The number of hydrogen-bond donors (Lipinski definition) is 2. The summed E-state index contributed by atoms with van der Waals surface area (Å²) in [4.78, 5) is 9.23. The molecule has 0 amide bonds. The van der Waals surface area contributed by atoms with Crippen LogP contribution in [-0.2, 0) is 6.54 Å². The Labute approximate surface area is 145 Å². The molecular formula is C18H20ClN3O2. The fraction of sp³-hybridized carbons (Fsp3) is 0.278. The number of likely N-dealkylation sites (N-methyl/N-ethyl adjacent to an activating group) is 1. The molecule has 0 bridgehead atoms. The van der Waals surface area contributed by atoms with E-state index in [1.807, 2.05) is 48.5 Å². The number of halogens is 1. The Morgan fingerprint density at radius 2 is 2.17 bits per heavy atom. The number of aliphatic hydroxyl groups excluding tert-OH is 1. The largest absolute Gasteiger partial charge is 0.490 e. The Morgan fingerprint density at radius 1 is 1.29 bits per heavy atom. The Balaban J connectivity index is 1.51. The van der Waals surface area contributed by atoms with E-state index in [1.54, 1.807) is 12.3 Å². The molecule has 3 rings (SSSR count). The molecule has 0 aliphatic carbocycles. The number of benzene rings is 1. The second kappa shape index (κ2) is 7.66. The van der Waals surface area contributed by atoms with Crippen molar-refractivity contribution < 1.29 is 9.84 Å². The smallest absolute Gasteiger partial charge is 0.129 e. The maximum Gasteiger partial charge on any atom is 0.129 e. The van der Waals surface area contributed by atoms with Crippen molar-refractivity contribution in [2.75, 3.05) is 20.2 Å². The summed E-state index contributed by atoms with van der Waals surface area (Å²) < 4.78 is 5.78. The third-order valence-electron chi connectivity index (χ3n) is 3.75. The van der Waals surface area contributed by atoms with Gasteiger partial charge in [0.2, 0.25) is 0 Å². The lowest BCUT2D eigenvalue weighted by molar-refractivity contribution is 0.0749. The van der Waals surface area contributed by atoms with E-state index in [-0.39, 0.29) is 6.61 Å². The molecular weight excluding hydrogens is 326 g/mol. The van der Waals surface area contributed by atoms with Gasteiger partial charge in [0.1, 0.15) is 23.6 Å². The number of fused-ring (bicyclic) bond motifs is 1. The summed E-state index contributed by atoms with van der Waals surface area (Å²) in [5, 5.41) is 11.7. The number of nitrogens with one attached hydrogen (secondary N) is 1. The summed E-state index contributed by atoms with van der Waals surface area (Å²) in [5.41, 5.74) is 2.07. The maximum atomic E-state index is 10.2. The summed E-state index contributed by atoms with van der Waals surface area (Å²) >= 11 is 5.78. The molecule has 2 N–H and O–H groups in total. The van der Waals surface area contributed by atoms with Crippen molar-refractivity contribution in [1.82, 2.24) is 14.9 Å². The number of ether oxygens (including phenoxy) is 1. The number of aromatic nitrogens is 2. The average molecular weight is 346 g/mol. The van der Waals surface area contributed by atoms with Gasteiger partial charge in [-0.3, -0.25) is 4.90 Å². The Morgan fingerprint density at radius 3 is 2.96 bits per heavy atom. The van der Waals surface area contributed by atoms with Gasteiger partial charge in [-0.15, -0.1) is 0 Å². The molecule has 126 valence electrons. The molecule has 1 aromatic carbocycles. The van der Waals surface area contributed by atoms with Crippen molar-refractivity contribution in [3.05, 3.63) is 59.5 Å². The van der Waals surface area contributed by atoms with Crippen LogP contribution in [0.3, 0.4) is 0 Å². The summed E-state index contributed by atoms with van der Waals surface area (Å²) in [6.07, 6.45) is 3.04. The molecule has 0 fully saturated rings. The molecule has 0 saturated heterocycles. The third kappa shape index (κ3) is 4.26. The van der Waals surface area contributed by atoms with E-state index < -0.39 is 6.10 Å². The zero-order valence-electron chi connectivity index (χ0n) is 13.4. The van der Waals surface area contributed by atoms with E-state index in [1.165, 1.54) is 0 Å².